The van der Waals surface area contributed by atoms with Crippen LogP contribution in [0.2, 0.25) is 0 Å². The Labute approximate surface area is 135 Å². The SMILES string of the molecule is Cc1nc(CCc2ccccn2)sc1C(=O)NC1CCCC1. The first-order valence-corrected chi connectivity index (χ1v) is 8.71. The number of aromatic nitrogens is 2. The lowest BCUT2D eigenvalue weighted by Gasteiger charge is -2.10. The van der Waals surface area contributed by atoms with Gasteiger partial charge < -0.3 is 5.32 Å². The van der Waals surface area contributed by atoms with Crippen molar-refractivity contribution in [1.29, 1.82) is 0 Å². The number of thiazole rings is 1. The van der Waals surface area contributed by atoms with Crippen LogP contribution in [0.5, 0.6) is 0 Å². The van der Waals surface area contributed by atoms with Crippen LogP contribution in [0, 0.1) is 6.92 Å². The van der Waals surface area contributed by atoms with Crippen molar-refractivity contribution in [2.24, 2.45) is 0 Å². The first-order valence-electron chi connectivity index (χ1n) is 7.89. The average Bonchev–Trinajstić information content (AvgIpc) is 3.16. The first-order chi connectivity index (χ1) is 10.7. The summed E-state index contributed by atoms with van der Waals surface area (Å²) in [5, 5.41) is 4.16. The van der Waals surface area contributed by atoms with Crippen molar-refractivity contribution < 1.29 is 4.79 Å². The summed E-state index contributed by atoms with van der Waals surface area (Å²) in [7, 11) is 0. The Kier molecular flexibility index (Phi) is 4.83. The molecule has 2 aromatic heterocycles. The van der Waals surface area contributed by atoms with E-state index in [1.54, 1.807) is 0 Å². The molecular weight excluding hydrogens is 294 g/mol. The third-order valence-corrected chi connectivity index (χ3v) is 5.27. The maximum Gasteiger partial charge on any atom is 0.263 e. The van der Waals surface area contributed by atoms with Crippen LogP contribution in [0.1, 0.15) is 51.8 Å². The minimum Gasteiger partial charge on any atom is -0.349 e. The van der Waals surface area contributed by atoms with Crippen LogP contribution in [-0.4, -0.2) is 21.9 Å². The van der Waals surface area contributed by atoms with Crippen LogP contribution >= 0.6 is 11.3 Å². The van der Waals surface area contributed by atoms with Gasteiger partial charge in [-0.25, -0.2) is 4.98 Å². The second-order valence-corrected chi connectivity index (χ2v) is 6.88. The molecule has 2 aromatic rings. The van der Waals surface area contributed by atoms with E-state index in [9.17, 15) is 4.79 Å². The van der Waals surface area contributed by atoms with E-state index >= 15 is 0 Å². The molecular formula is C17H21N3OS. The number of carbonyl (C=O) groups is 1. The highest BCUT2D eigenvalue weighted by atomic mass is 32.1. The smallest absolute Gasteiger partial charge is 0.263 e. The third-order valence-electron chi connectivity index (χ3n) is 4.06. The predicted octanol–water partition coefficient (Wildman–Crippen LogP) is 3.30. The van der Waals surface area contributed by atoms with Crippen molar-refractivity contribution in [3.63, 3.8) is 0 Å². The molecule has 0 atom stereocenters. The Bertz CT molecular complexity index is 633. The normalized spacial score (nSPS) is 15.1. The van der Waals surface area contributed by atoms with E-state index in [4.69, 9.17) is 0 Å². The molecule has 0 spiro atoms. The summed E-state index contributed by atoms with van der Waals surface area (Å²) >= 11 is 1.52. The quantitative estimate of drug-likeness (QED) is 0.921. The van der Waals surface area contributed by atoms with Gasteiger partial charge in [0.1, 0.15) is 4.88 Å². The zero-order valence-electron chi connectivity index (χ0n) is 12.8. The first kappa shape index (κ1) is 15.2. The van der Waals surface area contributed by atoms with Gasteiger partial charge in [-0.15, -0.1) is 11.3 Å². The van der Waals surface area contributed by atoms with Gasteiger partial charge in [0.2, 0.25) is 0 Å². The lowest BCUT2D eigenvalue weighted by Crippen LogP contribution is -2.32. The monoisotopic (exact) mass is 315 g/mol. The van der Waals surface area contributed by atoms with Crippen LogP contribution in [0.4, 0.5) is 0 Å². The van der Waals surface area contributed by atoms with Gasteiger partial charge in [0.25, 0.3) is 5.91 Å². The fourth-order valence-corrected chi connectivity index (χ4v) is 3.84. The van der Waals surface area contributed by atoms with Gasteiger partial charge in [0.15, 0.2) is 0 Å². The maximum atomic E-state index is 12.4. The molecule has 1 N–H and O–H groups in total. The molecule has 1 fully saturated rings. The van der Waals surface area contributed by atoms with Crippen LogP contribution in [0.25, 0.3) is 0 Å². The van der Waals surface area contributed by atoms with Crippen molar-refractivity contribution in [3.05, 3.63) is 45.7 Å². The van der Waals surface area contributed by atoms with E-state index < -0.39 is 0 Å². The van der Waals surface area contributed by atoms with E-state index in [1.807, 2.05) is 31.3 Å². The molecule has 0 aromatic carbocycles. The maximum absolute atomic E-state index is 12.4. The molecule has 5 heteroatoms. The lowest BCUT2D eigenvalue weighted by atomic mass is 10.2. The van der Waals surface area contributed by atoms with E-state index in [-0.39, 0.29) is 5.91 Å². The van der Waals surface area contributed by atoms with Gasteiger partial charge in [-0.05, 0) is 38.3 Å². The molecule has 1 saturated carbocycles. The predicted molar refractivity (Wildman–Crippen MR) is 88.2 cm³/mol. The Balaban J connectivity index is 1.61. The molecule has 2 heterocycles. The molecule has 0 bridgehead atoms. The number of hydrogen-bond donors (Lipinski definition) is 1. The molecule has 4 nitrogen and oxygen atoms in total. The minimum atomic E-state index is 0.0472. The second kappa shape index (κ2) is 7.01. The van der Waals surface area contributed by atoms with Crippen LogP contribution in [0.3, 0.4) is 0 Å². The minimum absolute atomic E-state index is 0.0472. The van der Waals surface area contributed by atoms with Gasteiger partial charge >= 0.3 is 0 Å². The number of aryl methyl sites for hydroxylation is 3. The van der Waals surface area contributed by atoms with Crippen LogP contribution in [0.15, 0.2) is 24.4 Å². The molecule has 0 unspecified atom stereocenters. The van der Waals surface area contributed by atoms with E-state index in [0.717, 1.165) is 47.0 Å². The standard InChI is InChI=1S/C17H21N3OS/c1-12-16(17(21)20-14-7-2-3-8-14)22-15(19-12)10-9-13-6-4-5-11-18-13/h4-6,11,14H,2-3,7-10H2,1H3,(H,20,21). The highest BCUT2D eigenvalue weighted by Crippen LogP contribution is 2.22. The summed E-state index contributed by atoms with van der Waals surface area (Å²) in [6, 6.07) is 6.29. The van der Waals surface area contributed by atoms with Gasteiger partial charge in [-0.3, -0.25) is 9.78 Å². The number of pyridine rings is 1. The topological polar surface area (TPSA) is 54.9 Å². The van der Waals surface area contributed by atoms with Crippen molar-refractivity contribution in [3.8, 4) is 0 Å². The van der Waals surface area contributed by atoms with E-state index in [0.29, 0.717) is 6.04 Å². The summed E-state index contributed by atoms with van der Waals surface area (Å²) in [5.74, 6) is 0.0472. The van der Waals surface area contributed by atoms with Crippen molar-refractivity contribution in [2.45, 2.75) is 51.5 Å². The third kappa shape index (κ3) is 3.71. The molecule has 116 valence electrons. The summed E-state index contributed by atoms with van der Waals surface area (Å²) in [6.45, 7) is 1.92. The summed E-state index contributed by atoms with van der Waals surface area (Å²) in [6.07, 6.45) is 8.16. The van der Waals surface area contributed by atoms with Gasteiger partial charge in [0, 0.05) is 24.4 Å². The summed E-state index contributed by atoms with van der Waals surface area (Å²) in [5.41, 5.74) is 1.91. The van der Waals surface area contributed by atoms with E-state index in [2.05, 4.69) is 15.3 Å². The van der Waals surface area contributed by atoms with Crippen LogP contribution < -0.4 is 5.32 Å². The van der Waals surface area contributed by atoms with Gasteiger partial charge in [0.05, 0.1) is 10.7 Å². The number of nitrogens with one attached hydrogen (secondary N) is 1. The molecule has 1 amide bonds. The highest BCUT2D eigenvalue weighted by Gasteiger charge is 2.21. The van der Waals surface area contributed by atoms with E-state index in [1.165, 1.54) is 24.2 Å². The Morgan fingerprint density at radius 3 is 2.86 bits per heavy atom. The molecule has 0 radical (unpaired) electrons. The molecule has 0 saturated heterocycles. The molecule has 0 aliphatic heterocycles. The van der Waals surface area contributed by atoms with Gasteiger partial charge in [-0.2, -0.15) is 0 Å². The Hall–Kier alpha value is -1.75. The van der Waals surface area contributed by atoms with Gasteiger partial charge in [-0.1, -0.05) is 18.9 Å². The van der Waals surface area contributed by atoms with Crippen molar-refractivity contribution in [1.82, 2.24) is 15.3 Å². The van der Waals surface area contributed by atoms with Crippen LogP contribution in [-0.2, 0) is 12.8 Å². The molecule has 1 aliphatic rings. The average molecular weight is 315 g/mol. The Morgan fingerprint density at radius 2 is 2.14 bits per heavy atom. The highest BCUT2D eigenvalue weighted by molar-refractivity contribution is 7.13. The number of nitrogens with zero attached hydrogens (tertiary/aromatic N) is 2. The number of amides is 1. The lowest BCUT2D eigenvalue weighted by molar-refractivity contribution is 0.0941. The second-order valence-electron chi connectivity index (χ2n) is 5.80. The molecule has 1 aliphatic carbocycles. The largest absolute Gasteiger partial charge is 0.349 e. The van der Waals surface area contributed by atoms with Crippen molar-refractivity contribution in [2.75, 3.05) is 0 Å². The zero-order valence-corrected chi connectivity index (χ0v) is 13.7. The molecule has 22 heavy (non-hydrogen) atoms. The zero-order chi connectivity index (χ0) is 15.4. The summed E-state index contributed by atoms with van der Waals surface area (Å²) < 4.78 is 0. The fraction of sp³-hybridized carbons (Fsp3) is 0.471. The number of carbonyl (C=O) groups excluding carboxylic acids is 1. The molecule has 3 rings (SSSR count). The Morgan fingerprint density at radius 1 is 1.32 bits per heavy atom. The van der Waals surface area contributed by atoms with Crippen molar-refractivity contribution >= 4 is 17.2 Å². The summed E-state index contributed by atoms with van der Waals surface area (Å²) in [4.78, 5) is 22.0. The fourth-order valence-electron chi connectivity index (χ4n) is 2.87. The number of rotatable bonds is 5. The number of hydrogen-bond acceptors (Lipinski definition) is 4.